The van der Waals surface area contributed by atoms with Crippen LogP contribution in [0.2, 0.25) is 0 Å². The second kappa shape index (κ2) is 6.17. The van der Waals surface area contributed by atoms with Crippen LogP contribution in [0.4, 0.5) is 5.69 Å². The van der Waals surface area contributed by atoms with E-state index in [1.54, 1.807) is 0 Å². The Morgan fingerprint density at radius 2 is 2.00 bits per heavy atom. The van der Waals surface area contributed by atoms with Gasteiger partial charge in [-0.05, 0) is 50.0 Å². The number of fused-ring (bicyclic) bond motifs is 1. The van der Waals surface area contributed by atoms with Crippen molar-refractivity contribution in [3.63, 3.8) is 0 Å². The molecule has 1 aliphatic carbocycles. The summed E-state index contributed by atoms with van der Waals surface area (Å²) < 4.78 is 17.7. The van der Waals surface area contributed by atoms with Crippen LogP contribution >= 0.6 is 12.2 Å². The van der Waals surface area contributed by atoms with E-state index in [-0.39, 0.29) is 6.10 Å². The Kier molecular flexibility index (Phi) is 4.03. The van der Waals surface area contributed by atoms with Gasteiger partial charge in [0.1, 0.15) is 0 Å². The maximum absolute atomic E-state index is 6.07. The normalized spacial score (nSPS) is 24.1. The van der Waals surface area contributed by atoms with Gasteiger partial charge in [-0.15, -0.1) is 0 Å². The number of hydrogen-bond acceptors (Lipinski definition) is 4. The van der Waals surface area contributed by atoms with E-state index < -0.39 is 5.79 Å². The Bertz CT molecular complexity index is 596. The number of benzene rings is 1. The number of thiocarbonyl (C=S) groups is 1. The summed E-state index contributed by atoms with van der Waals surface area (Å²) in [5.74, 6) is 1.22. The summed E-state index contributed by atoms with van der Waals surface area (Å²) in [6, 6.07) is 5.88. The molecule has 3 aliphatic rings. The van der Waals surface area contributed by atoms with Gasteiger partial charge in [0, 0.05) is 37.7 Å². The molecule has 0 radical (unpaired) electrons. The molecule has 23 heavy (non-hydrogen) atoms. The highest BCUT2D eigenvalue weighted by atomic mass is 32.1. The van der Waals surface area contributed by atoms with Crippen molar-refractivity contribution in [3.8, 4) is 11.5 Å². The van der Waals surface area contributed by atoms with Crippen LogP contribution in [0.5, 0.6) is 11.5 Å². The minimum atomic E-state index is -0.417. The van der Waals surface area contributed by atoms with Crippen molar-refractivity contribution in [1.29, 1.82) is 0 Å². The van der Waals surface area contributed by atoms with Crippen molar-refractivity contribution >= 4 is 23.0 Å². The standard InChI is InChI=1S/C17H22N2O3S/c23-16(18-11-13-4-3-9-20-13)19-12-5-6-14-15(10-12)22-17(21-14)7-1-2-8-17/h5-6,10,13H,1-4,7-9,11H2,(H2,18,19,23)/t13-/m1/s1. The SMILES string of the molecule is S=C(NC[C@H]1CCCO1)Nc1ccc2c(c1)OC1(CCCC1)O2. The minimum Gasteiger partial charge on any atom is -0.448 e. The molecule has 1 atom stereocenters. The van der Waals surface area contributed by atoms with E-state index in [0.717, 1.165) is 68.9 Å². The molecule has 1 saturated carbocycles. The monoisotopic (exact) mass is 334 g/mol. The van der Waals surface area contributed by atoms with Gasteiger partial charge in [-0.1, -0.05) is 0 Å². The second-order valence-electron chi connectivity index (χ2n) is 6.45. The molecule has 124 valence electrons. The number of hydrogen-bond donors (Lipinski definition) is 2. The predicted octanol–water partition coefficient (Wildman–Crippen LogP) is 3.19. The van der Waals surface area contributed by atoms with E-state index in [9.17, 15) is 0 Å². The number of anilines is 1. The van der Waals surface area contributed by atoms with Crippen molar-refractivity contribution < 1.29 is 14.2 Å². The molecule has 0 bridgehead atoms. The lowest BCUT2D eigenvalue weighted by Crippen LogP contribution is -2.34. The molecule has 0 unspecified atom stereocenters. The molecule has 2 N–H and O–H groups in total. The first-order valence-corrected chi connectivity index (χ1v) is 8.82. The average molecular weight is 334 g/mol. The van der Waals surface area contributed by atoms with Crippen LogP contribution in [0.3, 0.4) is 0 Å². The van der Waals surface area contributed by atoms with Crippen LogP contribution in [0.1, 0.15) is 38.5 Å². The Balaban J connectivity index is 1.34. The number of rotatable bonds is 3. The van der Waals surface area contributed by atoms with Gasteiger partial charge >= 0.3 is 0 Å². The smallest absolute Gasteiger partial charge is 0.251 e. The summed E-state index contributed by atoms with van der Waals surface area (Å²) in [6.45, 7) is 1.61. The Labute approximate surface area is 141 Å². The zero-order valence-corrected chi connectivity index (χ0v) is 13.9. The largest absolute Gasteiger partial charge is 0.448 e. The van der Waals surface area contributed by atoms with Gasteiger partial charge in [-0.2, -0.15) is 0 Å². The molecule has 5 nitrogen and oxygen atoms in total. The lowest BCUT2D eigenvalue weighted by Gasteiger charge is -2.21. The van der Waals surface area contributed by atoms with Crippen LogP contribution in [0.25, 0.3) is 0 Å². The number of nitrogens with one attached hydrogen (secondary N) is 2. The van der Waals surface area contributed by atoms with E-state index in [4.69, 9.17) is 26.4 Å². The first-order chi connectivity index (χ1) is 11.2. The lowest BCUT2D eigenvalue weighted by atomic mass is 10.2. The highest BCUT2D eigenvalue weighted by Crippen LogP contribution is 2.47. The van der Waals surface area contributed by atoms with Crippen molar-refractivity contribution in [2.45, 2.75) is 50.4 Å². The van der Waals surface area contributed by atoms with Crippen molar-refractivity contribution in [3.05, 3.63) is 18.2 Å². The highest BCUT2D eigenvalue weighted by Gasteiger charge is 2.44. The van der Waals surface area contributed by atoms with Gasteiger partial charge in [-0.25, -0.2) is 0 Å². The Hall–Kier alpha value is -1.53. The molecule has 1 aromatic rings. The van der Waals surface area contributed by atoms with Gasteiger partial charge < -0.3 is 24.8 Å². The zero-order valence-electron chi connectivity index (χ0n) is 13.1. The topological polar surface area (TPSA) is 51.8 Å². The van der Waals surface area contributed by atoms with Crippen LogP contribution in [0, 0.1) is 0 Å². The molecule has 4 rings (SSSR count). The van der Waals surface area contributed by atoms with Crippen LogP contribution in [-0.2, 0) is 4.74 Å². The molecule has 2 fully saturated rings. The molecular weight excluding hydrogens is 312 g/mol. The Morgan fingerprint density at radius 3 is 2.78 bits per heavy atom. The fourth-order valence-electron chi connectivity index (χ4n) is 3.48. The fraction of sp³-hybridized carbons (Fsp3) is 0.588. The summed E-state index contributed by atoms with van der Waals surface area (Å²) in [5.41, 5.74) is 0.909. The van der Waals surface area contributed by atoms with Crippen LogP contribution in [-0.4, -0.2) is 30.2 Å². The van der Waals surface area contributed by atoms with Crippen molar-refractivity contribution in [1.82, 2.24) is 5.32 Å². The van der Waals surface area contributed by atoms with Gasteiger partial charge in [-0.3, -0.25) is 0 Å². The molecule has 1 aromatic carbocycles. The first-order valence-electron chi connectivity index (χ1n) is 8.41. The van der Waals surface area contributed by atoms with Gasteiger partial charge in [0.2, 0.25) is 0 Å². The van der Waals surface area contributed by atoms with Gasteiger partial charge in [0.05, 0.1) is 6.10 Å². The third-order valence-electron chi connectivity index (χ3n) is 4.67. The van der Waals surface area contributed by atoms with Crippen molar-refractivity contribution in [2.24, 2.45) is 0 Å². The van der Waals surface area contributed by atoms with E-state index in [1.807, 2.05) is 18.2 Å². The molecular formula is C17H22N2O3S. The fourth-order valence-corrected chi connectivity index (χ4v) is 3.68. The predicted molar refractivity (Wildman–Crippen MR) is 92.1 cm³/mol. The molecule has 1 spiro atoms. The minimum absolute atomic E-state index is 0.272. The maximum atomic E-state index is 6.07. The quantitative estimate of drug-likeness (QED) is 0.828. The van der Waals surface area contributed by atoms with E-state index in [1.165, 1.54) is 0 Å². The number of ether oxygens (including phenoxy) is 3. The molecule has 2 aliphatic heterocycles. The summed E-state index contributed by atoms with van der Waals surface area (Å²) >= 11 is 5.35. The molecule has 2 heterocycles. The highest BCUT2D eigenvalue weighted by molar-refractivity contribution is 7.80. The van der Waals surface area contributed by atoms with Gasteiger partial charge in [0.25, 0.3) is 5.79 Å². The third-order valence-corrected chi connectivity index (χ3v) is 4.92. The molecule has 6 heteroatoms. The van der Waals surface area contributed by atoms with E-state index in [2.05, 4.69) is 10.6 Å². The first kappa shape index (κ1) is 15.0. The maximum Gasteiger partial charge on any atom is 0.251 e. The average Bonchev–Trinajstić information content (AvgIpc) is 3.26. The molecule has 0 amide bonds. The molecule has 0 aromatic heterocycles. The lowest BCUT2D eigenvalue weighted by molar-refractivity contribution is -0.0716. The molecule has 1 saturated heterocycles. The summed E-state index contributed by atoms with van der Waals surface area (Å²) in [7, 11) is 0. The van der Waals surface area contributed by atoms with Crippen LogP contribution in [0.15, 0.2) is 18.2 Å². The summed E-state index contributed by atoms with van der Waals surface area (Å²) in [4.78, 5) is 0. The van der Waals surface area contributed by atoms with Crippen molar-refractivity contribution in [2.75, 3.05) is 18.5 Å². The van der Waals surface area contributed by atoms with Gasteiger partial charge in [0.15, 0.2) is 16.6 Å². The summed E-state index contributed by atoms with van der Waals surface area (Å²) in [5, 5.41) is 7.02. The third kappa shape index (κ3) is 3.23. The van der Waals surface area contributed by atoms with E-state index in [0.29, 0.717) is 5.11 Å². The summed E-state index contributed by atoms with van der Waals surface area (Å²) in [6.07, 6.45) is 6.76. The van der Waals surface area contributed by atoms with Crippen LogP contribution < -0.4 is 20.1 Å². The van der Waals surface area contributed by atoms with E-state index >= 15 is 0 Å². The zero-order chi connectivity index (χ0) is 15.7. The second-order valence-corrected chi connectivity index (χ2v) is 6.86. The Morgan fingerprint density at radius 1 is 1.17 bits per heavy atom.